The lowest BCUT2D eigenvalue weighted by Gasteiger charge is -2.35. The molecule has 6 heteroatoms. The SMILES string of the molecule is Cc1cccc(C)c1NC(=O)CN1CCN(CC(O)COC(C)C)CC1. The Hall–Kier alpha value is -1.47. The van der Waals surface area contributed by atoms with E-state index in [-0.39, 0.29) is 12.0 Å². The summed E-state index contributed by atoms with van der Waals surface area (Å²) in [6.07, 6.45) is -0.326. The van der Waals surface area contributed by atoms with E-state index in [1.807, 2.05) is 45.9 Å². The molecule has 146 valence electrons. The summed E-state index contributed by atoms with van der Waals surface area (Å²) in [5, 5.41) is 13.1. The van der Waals surface area contributed by atoms with Crippen molar-refractivity contribution in [3.8, 4) is 0 Å². The van der Waals surface area contributed by atoms with Gasteiger partial charge in [-0.05, 0) is 38.8 Å². The van der Waals surface area contributed by atoms with Gasteiger partial charge in [-0.1, -0.05) is 18.2 Å². The number of anilines is 1. The first-order chi connectivity index (χ1) is 12.3. The first kappa shape index (κ1) is 20.8. The van der Waals surface area contributed by atoms with Gasteiger partial charge in [0.1, 0.15) is 0 Å². The molecule has 1 atom stereocenters. The minimum atomic E-state index is -0.462. The van der Waals surface area contributed by atoms with Gasteiger partial charge >= 0.3 is 0 Å². The molecular formula is C20H33N3O3. The lowest BCUT2D eigenvalue weighted by atomic mass is 10.1. The zero-order valence-corrected chi connectivity index (χ0v) is 16.5. The Kier molecular flexibility index (Phi) is 8.03. The number of hydrogen-bond acceptors (Lipinski definition) is 5. The zero-order valence-electron chi connectivity index (χ0n) is 16.5. The molecule has 1 unspecified atom stereocenters. The average Bonchev–Trinajstić information content (AvgIpc) is 2.58. The van der Waals surface area contributed by atoms with Gasteiger partial charge in [0, 0.05) is 38.4 Å². The molecule has 0 aliphatic carbocycles. The molecule has 0 radical (unpaired) electrons. The van der Waals surface area contributed by atoms with Crippen molar-refractivity contribution < 1.29 is 14.6 Å². The number of rotatable bonds is 8. The number of ether oxygens (including phenoxy) is 1. The summed E-state index contributed by atoms with van der Waals surface area (Å²) in [5.41, 5.74) is 3.09. The van der Waals surface area contributed by atoms with Crippen LogP contribution in [0, 0.1) is 13.8 Å². The molecule has 1 aliphatic rings. The predicted molar refractivity (Wildman–Crippen MR) is 105 cm³/mol. The third-order valence-corrected chi connectivity index (χ3v) is 4.67. The number of β-amino-alcohol motifs (C(OH)–C–C–N with tert-alkyl or cyclic N) is 1. The summed E-state index contributed by atoms with van der Waals surface area (Å²) in [7, 11) is 0. The number of para-hydroxylation sites is 1. The molecule has 0 aromatic heterocycles. The van der Waals surface area contributed by atoms with Gasteiger partial charge in [0.2, 0.25) is 5.91 Å². The summed E-state index contributed by atoms with van der Waals surface area (Å²) in [6, 6.07) is 6.02. The fourth-order valence-corrected chi connectivity index (χ4v) is 3.18. The van der Waals surface area contributed by atoms with Crippen LogP contribution >= 0.6 is 0 Å². The number of carbonyl (C=O) groups excluding carboxylic acids is 1. The van der Waals surface area contributed by atoms with Gasteiger partial charge in [0.05, 0.1) is 25.4 Å². The Bertz CT molecular complexity index is 563. The van der Waals surface area contributed by atoms with Crippen LogP contribution in [0.5, 0.6) is 0 Å². The second-order valence-electron chi connectivity index (χ2n) is 7.43. The third kappa shape index (κ3) is 6.68. The normalized spacial score (nSPS) is 17.5. The Morgan fingerprint density at radius 2 is 1.73 bits per heavy atom. The molecule has 2 rings (SSSR count). The molecule has 1 fully saturated rings. The van der Waals surface area contributed by atoms with Crippen molar-refractivity contribution in [2.24, 2.45) is 0 Å². The van der Waals surface area contributed by atoms with Gasteiger partial charge in [0.15, 0.2) is 0 Å². The first-order valence-electron chi connectivity index (χ1n) is 9.45. The Morgan fingerprint density at radius 1 is 1.15 bits per heavy atom. The molecule has 1 aromatic carbocycles. The predicted octanol–water partition coefficient (Wildman–Crippen LogP) is 1.65. The highest BCUT2D eigenvalue weighted by Crippen LogP contribution is 2.19. The molecule has 0 saturated carbocycles. The lowest BCUT2D eigenvalue weighted by molar-refractivity contribution is -0.117. The highest BCUT2D eigenvalue weighted by atomic mass is 16.5. The largest absolute Gasteiger partial charge is 0.389 e. The second kappa shape index (κ2) is 10.0. The van der Waals surface area contributed by atoms with Gasteiger partial charge in [-0.2, -0.15) is 0 Å². The molecule has 1 saturated heterocycles. The third-order valence-electron chi connectivity index (χ3n) is 4.67. The quantitative estimate of drug-likeness (QED) is 0.735. The van der Waals surface area contributed by atoms with Crippen LogP contribution in [0.2, 0.25) is 0 Å². The molecule has 26 heavy (non-hydrogen) atoms. The monoisotopic (exact) mass is 363 g/mol. The van der Waals surface area contributed by atoms with Crippen LogP contribution in [0.4, 0.5) is 5.69 Å². The molecule has 1 aliphatic heterocycles. The molecule has 0 bridgehead atoms. The minimum Gasteiger partial charge on any atom is -0.389 e. The van der Waals surface area contributed by atoms with E-state index >= 15 is 0 Å². The van der Waals surface area contributed by atoms with E-state index in [2.05, 4.69) is 15.1 Å². The van der Waals surface area contributed by atoms with Gasteiger partial charge in [-0.25, -0.2) is 0 Å². The zero-order chi connectivity index (χ0) is 19.1. The first-order valence-corrected chi connectivity index (χ1v) is 9.45. The Morgan fingerprint density at radius 3 is 2.31 bits per heavy atom. The number of piperazine rings is 1. The highest BCUT2D eigenvalue weighted by Gasteiger charge is 2.21. The van der Waals surface area contributed by atoms with E-state index in [0.29, 0.717) is 19.7 Å². The number of carbonyl (C=O) groups is 1. The molecular weight excluding hydrogens is 330 g/mol. The number of aliphatic hydroxyl groups is 1. The van der Waals surface area contributed by atoms with Crippen molar-refractivity contribution in [1.82, 2.24) is 9.80 Å². The number of benzene rings is 1. The van der Waals surface area contributed by atoms with Crippen molar-refractivity contribution in [3.63, 3.8) is 0 Å². The van der Waals surface area contributed by atoms with E-state index in [4.69, 9.17) is 4.74 Å². The van der Waals surface area contributed by atoms with Crippen LogP contribution < -0.4 is 5.32 Å². The Labute approximate surface area is 157 Å². The summed E-state index contributed by atoms with van der Waals surface area (Å²) in [5.74, 6) is 0.0289. The maximum Gasteiger partial charge on any atom is 0.238 e. The van der Waals surface area contributed by atoms with Crippen molar-refractivity contribution in [1.29, 1.82) is 0 Å². The number of amides is 1. The van der Waals surface area contributed by atoms with Crippen molar-refractivity contribution in [3.05, 3.63) is 29.3 Å². The number of aryl methyl sites for hydroxylation is 2. The number of nitrogens with one attached hydrogen (secondary N) is 1. The summed E-state index contributed by atoms with van der Waals surface area (Å²) in [4.78, 5) is 16.8. The summed E-state index contributed by atoms with van der Waals surface area (Å²) in [6.45, 7) is 12.7. The molecule has 0 spiro atoms. The topological polar surface area (TPSA) is 65.0 Å². The second-order valence-corrected chi connectivity index (χ2v) is 7.43. The van der Waals surface area contributed by atoms with Crippen molar-refractivity contribution >= 4 is 11.6 Å². The fourth-order valence-electron chi connectivity index (χ4n) is 3.18. The van der Waals surface area contributed by atoms with Crippen LogP contribution in [0.1, 0.15) is 25.0 Å². The number of nitrogens with zero attached hydrogens (tertiary/aromatic N) is 2. The van der Waals surface area contributed by atoms with E-state index in [9.17, 15) is 9.90 Å². The number of aliphatic hydroxyl groups excluding tert-OH is 1. The van der Waals surface area contributed by atoms with E-state index in [1.54, 1.807) is 0 Å². The molecule has 1 amide bonds. The smallest absolute Gasteiger partial charge is 0.238 e. The van der Waals surface area contributed by atoms with Crippen LogP contribution in [-0.4, -0.2) is 78.9 Å². The van der Waals surface area contributed by atoms with Gasteiger partial charge in [-0.15, -0.1) is 0 Å². The van der Waals surface area contributed by atoms with E-state index < -0.39 is 6.10 Å². The van der Waals surface area contributed by atoms with Gasteiger partial charge in [0.25, 0.3) is 0 Å². The maximum atomic E-state index is 12.4. The molecule has 6 nitrogen and oxygen atoms in total. The minimum absolute atomic E-state index is 0.0289. The highest BCUT2D eigenvalue weighted by molar-refractivity contribution is 5.93. The summed E-state index contributed by atoms with van der Waals surface area (Å²) >= 11 is 0. The van der Waals surface area contributed by atoms with Crippen LogP contribution in [-0.2, 0) is 9.53 Å². The summed E-state index contributed by atoms with van der Waals surface area (Å²) < 4.78 is 5.45. The molecule has 2 N–H and O–H groups in total. The van der Waals surface area contributed by atoms with E-state index in [1.165, 1.54) is 0 Å². The van der Waals surface area contributed by atoms with Crippen molar-refractivity contribution in [2.45, 2.75) is 39.9 Å². The standard InChI is InChI=1S/C20H33N3O3/c1-15(2)26-14-18(24)12-22-8-10-23(11-9-22)13-19(25)21-20-16(3)6-5-7-17(20)4/h5-7,15,18,24H,8-14H2,1-4H3,(H,21,25). The van der Waals surface area contributed by atoms with Crippen LogP contribution in [0.15, 0.2) is 18.2 Å². The fraction of sp³-hybridized carbons (Fsp3) is 0.650. The van der Waals surface area contributed by atoms with Gasteiger partial charge in [-0.3, -0.25) is 14.6 Å². The maximum absolute atomic E-state index is 12.4. The Balaban J connectivity index is 1.72. The van der Waals surface area contributed by atoms with Crippen molar-refractivity contribution in [2.75, 3.05) is 51.2 Å². The van der Waals surface area contributed by atoms with Crippen LogP contribution in [0.3, 0.4) is 0 Å². The number of hydrogen-bond donors (Lipinski definition) is 2. The van der Waals surface area contributed by atoms with Gasteiger partial charge < -0.3 is 15.2 Å². The average molecular weight is 364 g/mol. The molecule has 1 aromatic rings. The van der Waals surface area contributed by atoms with E-state index in [0.717, 1.165) is 43.0 Å². The molecule has 1 heterocycles. The lowest BCUT2D eigenvalue weighted by Crippen LogP contribution is -2.50. The van der Waals surface area contributed by atoms with Crippen LogP contribution in [0.25, 0.3) is 0 Å².